The first-order chi connectivity index (χ1) is 14.9. The second kappa shape index (κ2) is 9.39. The Kier molecular flexibility index (Phi) is 6.65. The van der Waals surface area contributed by atoms with Crippen LogP contribution in [0.1, 0.15) is 6.92 Å². The molecular weight excluding hydrogens is 426 g/mol. The number of aliphatic carboxylic acids is 1. The summed E-state index contributed by atoms with van der Waals surface area (Å²) in [7, 11) is 4.69. The van der Waals surface area contributed by atoms with Crippen molar-refractivity contribution in [3.8, 4) is 45.8 Å². The molecule has 1 aromatic heterocycles. The summed E-state index contributed by atoms with van der Waals surface area (Å²) < 4.78 is 29.4. The lowest BCUT2D eigenvalue weighted by Crippen LogP contribution is -2.00. The quantitative estimate of drug-likeness (QED) is 0.567. The Morgan fingerprint density at radius 1 is 1.10 bits per heavy atom. The molecule has 0 saturated heterocycles. The SMILES string of the molecule is CC(=O)O.COc1cc(-c2n[nH]c(=S)n2-c2ccc3c(c2)OCO3)cc(OC)c1OC. The number of hydrogen-bond acceptors (Lipinski definition) is 8. The van der Waals surface area contributed by atoms with Crippen LogP contribution in [-0.2, 0) is 4.79 Å². The number of nitrogens with zero attached hydrogens (tertiary/aromatic N) is 2. The van der Waals surface area contributed by atoms with Crippen molar-refractivity contribution in [3.05, 3.63) is 35.1 Å². The van der Waals surface area contributed by atoms with Gasteiger partial charge in [0.1, 0.15) is 0 Å². The van der Waals surface area contributed by atoms with Gasteiger partial charge in [-0.2, -0.15) is 5.10 Å². The molecule has 0 bridgehead atoms. The summed E-state index contributed by atoms with van der Waals surface area (Å²) in [5.41, 5.74) is 1.54. The Hall–Kier alpha value is -3.73. The van der Waals surface area contributed by atoms with Crippen molar-refractivity contribution in [1.29, 1.82) is 0 Å². The van der Waals surface area contributed by atoms with Crippen molar-refractivity contribution < 1.29 is 33.6 Å². The van der Waals surface area contributed by atoms with Gasteiger partial charge in [0.05, 0.1) is 27.0 Å². The van der Waals surface area contributed by atoms with Gasteiger partial charge < -0.3 is 28.8 Å². The number of aromatic amines is 1. The van der Waals surface area contributed by atoms with Crippen LogP contribution in [0.25, 0.3) is 17.1 Å². The van der Waals surface area contributed by atoms with Gasteiger partial charge >= 0.3 is 0 Å². The maximum Gasteiger partial charge on any atom is 0.300 e. The molecule has 4 rings (SSSR count). The highest BCUT2D eigenvalue weighted by Crippen LogP contribution is 2.41. The van der Waals surface area contributed by atoms with Crippen LogP contribution >= 0.6 is 12.2 Å². The average molecular weight is 447 g/mol. The van der Waals surface area contributed by atoms with Crippen molar-refractivity contribution in [2.75, 3.05) is 28.1 Å². The van der Waals surface area contributed by atoms with Crippen molar-refractivity contribution >= 4 is 18.2 Å². The number of methoxy groups -OCH3 is 3. The van der Waals surface area contributed by atoms with E-state index in [0.717, 1.165) is 18.2 Å². The third-order valence-electron chi connectivity index (χ3n) is 4.21. The fourth-order valence-corrected chi connectivity index (χ4v) is 3.20. The van der Waals surface area contributed by atoms with Crippen LogP contribution in [0.3, 0.4) is 0 Å². The van der Waals surface area contributed by atoms with Gasteiger partial charge in [-0.05, 0) is 36.5 Å². The van der Waals surface area contributed by atoms with E-state index in [4.69, 9.17) is 45.8 Å². The van der Waals surface area contributed by atoms with Gasteiger partial charge in [0.15, 0.2) is 33.6 Å². The van der Waals surface area contributed by atoms with Gasteiger partial charge in [0.25, 0.3) is 5.97 Å². The number of carbonyl (C=O) groups is 1. The summed E-state index contributed by atoms with van der Waals surface area (Å²) in [6.45, 7) is 1.29. The van der Waals surface area contributed by atoms with E-state index >= 15 is 0 Å². The zero-order valence-corrected chi connectivity index (χ0v) is 18.1. The first-order valence-corrected chi connectivity index (χ1v) is 9.37. The van der Waals surface area contributed by atoms with Gasteiger partial charge in [-0.25, -0.2) is 0 Å². The van der Waals surface area contributed by atoms with Crippen molar-refractivity contribution in [2.24, 2.45) is 0 Å². The molecule has 1 aliphatic rings. The molecule has 0 atom stereocenters. The number of carboxylic acid groups (broad SMARTS) is 1. The van der Waals surface area contributed by atoms with Gasteiger partial charge in [0, 0.05) is 18.6 Å². The highest BCUT2D eigenvalue weighted by atomic mass is 32.1. The number of rotatable bonds is 5. The monoisotopic (exact) mass is 447 g/mol. The maximum absolute atomic E-state index is 9.00. The third-order valence-corrected chi connectivity index (χ3v) is 4.48. The molecule has 1 aliphatic heterocycles. The number of aromatic nitrogens is 3. The number of fused-ring (bicyclic) bond motifs is 1. The molecule has 11 heteroatoms. The molecular formula is C20H21N3O7S. The average Bonchev–Trinajstić information content (AvgIpc) is 3.37. The highest BCUT2D eigenvalue weighted by molar-refractivity contribution is 7.71. The summed E-state index contributed by atoms with van der Waals surface area (Å²) in [6, 6.07) is 9.21. The zero-order valence-electron chi connectivity index (χ0n) is 17.3. The summed E-state index contributed by atoms with van der Waals surface area (Å²) in [6.07, 6.45) is 0. The van der Waals surface area contributed by atoms with Crippen LogP contribution in [0.4, 0.5) is 0 Å². The zero-order chi connectivity index (χ0) is 22.5. The number of hydrogen-bond donors (Lipinski definition) is 2. The molecule has 2 N–H and O–H groups in total. The Bertz CT molecular complexity index is 1130. The van der Waals surface area contributed by atoms with Crippen LogP contribution < -0.4 is 23.7 Å². The molecule has 164 valence electrons. The molecule has 2 heterocycles. The summed E-state index contributed by atoms with van der Waals surface area (Å²) in [4.78, 5) is 9.00. The molecule has 31 heavy (non-hydrogen) atoms. The summed E-state index contributed by atoms with van der Waals surface area (Å²) >= 11 is 5.44. The van der Waals surface area contributed by atoms with Crippen LogP contribution in [0, 0.1) is 4.77 Å². The summed E-state index contributed by atoms with van der Waals surface area (Å²) in [5.74, 6) is 2.68. The number of ether oxygens (including phenoxy) is 5. The number of benzene rings is 2. The minimum Gasteiger partial charge on any atom is -0.493 e. The number of H-pyrrole nitrogens is 1. The Balaban J connectivity index is 0.000000628. The van der Waals surface area contributed by atoms with Crippen LogP contribution in [0.5, 0.6) is 28.7 Å². The van der Waals surface area contributed by atoms with Crippen LogP contribution in [0.15, 0.2) is 30.3 Å². The van der Waals surface area contributed by atoms with E-state index in [2.05, 4.69) is 10.2 Å². The lowest BCUT2D eigenvalue weighted by atomic mass is 10.1. The first kappa shape index (κ1) is 22.0. The number of carboxylic acids is 1. The normalized spacial score (nSPS) is 11.4. The van der Waals surface area contributed by atoms with E-state index < -0.39 is 5.97 Å². The maximum atomic E-state index is 9.00. The Labute approximate surface area is 182 Å². The molecule has 0 spiro atoms. The van der Waals surface area contributed by atoms with Gasteiger partial charge in [-0.3, -0.25) is 14.5 Å². The minimum absolute atomic E-state index is 0.204. The Morgan fingerprint density at radius 3 is 2.29 bits per heavy atom. The predicted molar refractivity (Wildman–Crippen MR) is 113 cm³/mol. The third kappa shape index (κ3) is 4.56. The summed E-state index contributed by atoms with van der Waals surface area (Å²) in [5, 5.41) is 14.6. The molecule has 3 aromatic rings. The molecule has 0 unspecified atom stereocenters. The lowest BCUT2D eigenvalue weighted by molar-refractivity contribution is -0.134. The van der Waals surface area contributed by atoms with Gasteiger partial charge in [-0.1, -0.05) is 0 Å². The topological polar surface area (TPSA) is 117 Å². The number of nitrogens with one attached hydrogen (secondary N) is 1. The van der Waals surface area contributed by atoms with Crippen molar-refractivity contribution in [2.45, 2.75) is 6.92 Å². The van der Waals surface area contributed by atoms with E-state index in [9.17, 15) is 0 Å². The molecule has 0 amide bonds. The Morgan fingerprint density at radius 2 is 1.71 bits per heavy atom. The van der Waals surface area contributed by atoms with E-state index in [1.807, 2.05) is 30.3 Å². The smallest absolute Gasteiger partial charge is 0.300 e. The molecule has 0 aliphatic carbocycles. The van der Waals surface area contributed by atoms with Crippen LogP contribution in [0.2, 0.25) is 0 Å². The highest BCUT2D eigenvalue weighted by Gasteiger charge is 2.20. The molecule has 0 radical (unpaired) electrons. The lowest BCUT2D eigenvalue weighted by Gasteiger charge is -2.14. The fourth-order valence-electron chi connectivity index (χ4n) is 2.96. The van der Waals surface area contributed by atoms with E-state index in [1.165, 1.54) is 0 Å². The first-order valence-electron chi connectivity index (χ1n) is 8.97. The molecule has 2 aromatic carbocycles. The largest absolute Gasteiger partial charge is 0.493 e. The van der Waals surface area contributed by atoms with Crippen LogP contribution in [-0.4, -0.2) is 54.0 Å². The van der Waals surface area contributed by atoms with Gasteiger partial charge in [-0.15, -0.1) is 0 Å². The van der Waals surface area contributed by atoms with Crippen molar-refractivity contribution in [1.82, 2.24) is 14.8 Å². The van der Waals surface area contributed by atoms with E-state index in [-0.39, 0.29) is 6.79 Å². The second-order valence-electron chi connectivity index (χ2n) is 6.16. The molecule has 10 nitrogen and oxygen atoms in total. The predicted octanol–water partition coefficient (Wildman–Crippen LogP) is 3.44. The van der Waals surface area contributed by atoms with E-state index in [0.29, 0.717) is 39.3 Å². The van der Waals surface area contributed by atoms with Crippen molar-refractivity contribution in [3.63, 3.8) is 0 Å². The van der Waals surface area contributed by atoms with Gasteiger partial charge in [0.2, 0.25) is 12.5 Å². The molecule has 0 fully saturated rings. The minimum atomic E-state index is -0.833. The molecule has 0 saturated carbocycles. The van der Waals surface area contributed by atoms with E-state index in [1.54, 1.807) is 25.9 Å². The fraction of sp³-hybridized carbons (Fsp3) is 0.250. The standard InChI is InChI=1S/C18H17N3O5S.C2H4O2/c1-22-14-6-10(7-15(23-2)16(14)24-3)17-19-20-18(27)21(17)11-4-5-12-13(8-11)26-9-25-12;1-2(3)4/h4-8H,9H2,1-3H3,(H,20,27);1H3,(H,3,4). The second-order valence-corrected chi connectivity index (χ2v) is 6.55.